The van der Waals surface area contributed by atoms with Crippen LogP contribution in [0, 0.1) is 23.7 Å². The van der Waals surface area contributed by atoms with Gasteiger partial charge in [0.1, 0.15) is 0 Å². The Kier molecular flexibility index (Phi) is 5.44. The van der Waals surface area contributed by atoms with Crippen molar-refractivity contribution in [3.63, 3.8) is 0 Å². The van der Waals surface area contributed by atoms with Crippen LogP contribution in [-0.2, 0) is 21.0 Å². The molecule has 4 fully saturated rings. The lowest BCUT2D eigenvalue weighted by molar-refractivity contribution is -0.137. The molecule has 1 aromatic rings. The molecular formula is C22H29F3N2O3S. The van der Waals surface area contributed by atoms with Crippen molar-refractivity contribution >= 4 is 15.9 Å². The number of sulfonamides is 1. The van der Waals surface area contributed by atoms with Gasteiger partial charge in [-0.25, -0.2) is 8.42 Å². The number of rotatable bonds is 6. The maximum atomic E-state index is 13.8. The standard InChI is InChI=1S/C22H29F3N2O3S/c1-21(2,12-19(26)28)27(20-15-8-13-7-14(10-15)11-16(20)9-13)31(29,30)18-5-3-17(4-6-18)22(23,24)25/h3-6,13-16,20H,7-12H2,1-2H3,(H2,26,28). The minimum atomic E-state index is -4.55. The number of carbonyl (C=O) groups is 1. The quantitative estimate of drug-likeness (QED) is 0.695. The zero-order valence-corrected chi connectivity index (χ0v) is 18.5. The Bertz CT molecular complexity index is 929. The van der Waals surface area contributed by atoms with Crippen molar-refractivity contribution in [1.29, 1.82) is 0 Å². The minimum Gasteiger partial charge on any atom is -0.370 e. The van der Waals surface area contributed by atoms with Gasteiger partial charge in [-0.15, -0.1) is 0 Å². The van der Waals surface area contributed by atoms with Crippen molar-refractivity contribution in [2.24, 2.45) is 29.4 Å². The number of benzene rings is 1. The van der Waals surface area contributed by atoms with E-state index in [1.807, 2.05) is 0 Å². The highest BCUT2D eigenvalue weighted by molar-refractivity contribution is 7.89. The smallest absolute Gasteiger partial charge is 0.370 e. The van der Waals surface area contributed by atoms with Crippen molar-refractivity contribution in [2.75, 3.05) is 0 Å². The molecule has 5 rings (SSSR count). The van der Waals surface area contributed by atoms with E-state index in [1.165, 1.54) is 10.7 Å². The predicted molar refractivity (Wildman–Crippen MR) is 109 cm³/mol. The van der Waals surface area contributed by atoms with Crippen molar-refractivity contribution < 1.29 is 26.4 Å². The van der Waals surface area contributed by atoms with Gasteiger partial charge < -0.3 is 5.73 Å². The molecule has 172 valence electrons. The monoisotopic (exact) mass is 458 g/mol. The van der Waals surface area contributed by atoms with E-state index in [0.717, 1.165) is 49.9 Å². The van der Waals surface area contributed by atoms with Crippen molar-refractivity contribution in [1.82, 2.24) is 4.31 Å². The largest absolute Gasteiger partial charge is 0.416 e. The molecule has 4 bridgehead atoms. The van der Waals surface area contributed by atoms with Crippen molar-refractivity contribution in [3.05, 3.63) is 29.8 Å². The highest BCUT2D eigenvalue weighted by Crippen LogP contribution is 2.57. The van der Waals surface area contributed by atoms with Crippen LogP contribution in [0.1, 0.15) is 57.9 Å². The van der Waals surface area contributed by atoms with Crippen LogP contribution in [0.3, 0.4) is 0 Å². The fraction of sp³-hybridized carbons (Fsp3) is 0.682. The number of amides is 1. The maximum absolute atomic E-state index is 13.8. The van der Waals surface area contributed by atoms with Gasteiger partial charge >= 0.3 is 6.18 Å². The average molecular weight is 459 g/mol. The molecule has 4 aliphatic rings. The Morgan fingerprint density at radius 2 is 1.48 bits per heavy atom. The normalized spacial score (nSPS) is 30.7. The Morgan fingerprint density at radius 3 is 1.90 bits per heavy atom. The van der Waals surface area contributed by atoms with Crippen LogP contribution in [0.2, 0.25) is 0 Å². The molecule has 2 N–H and O–H groups in total. The molecule has 0 aromatic heterocycles. The summed E-state index contributed by atoms with van der Waals surface area (Å²) in [6, 6.07) is 3.35. The summed E-state index contributed by atoms with van der Waals surface area (Å²) in [6.45, 7) is 3.37. The Labute approximate surface area is 181 Å². The van der Waals surface area contributed by atoms with E-state index in [2.05, 4.69) is 0 Å². The number of carbonyl (C=O) groups excluding carboxylic acids is 1. The molecule has 4 aliphatic carbocycles. The molecule has 5 nitrogen and oxygen atoms in total. The molecule has 0 unspecified atom stereocenters. The third-order valence-corrected chi connectivity index (χ3v) is 9.51. The number of halogens is 3. The first-order valence-corrected chi connectivity index (χ1v) is 12.2. The lowest BCUT2D eigenvalue weighted by atomic mass is 9.54. The topological polar surface area (TPSA) is 80.5 Å². The molecule has 31 heavy (non-hydrogen) atoms. The minimum absolute atomic E-state index is 0.157. The molecule has 0 atom stereocenters. The van der Waals surface area contributed by atoms with Gasteiger partial charge in [0.2, 0.25) is 15.9 Å². The van der Waals surface area contributed by atoms with Crippen molar-refractivity contribution in [3.8, 4) is 0 Å². The van der Waals surface area contributed by atoms with Gasteiger partial charge in [-0.3, -0.25) is 4.79 Å². The first kappa shape index (κ1) is 22.6. The van der Waals surface area contributed by atoms with Crippen LogP contribution < -0.4 is 5.73 Å². The summed E-state index contributed by atoms with van der Waals surface area (Å²) >= 11 is 0. The Morgan fingerprint density at radius 1 is 1.00 bits per heavy atom. The van der Waals surface area contributed by atoms with Crippen LogP contribution in [0.25, 0.3) is 0 Å². The number of hydrogen-bond acceptors (Lipinski definition) is 3. The number of primary amides is 1. The molecule has 0 heterocycles. The molecule has 1 amide bonds. The summed E-state index contributed by atoms with van der Waals surface area (Å²) in [5, 5.41) is 0. The third kappa shape index (κ3) is 4.11. The second-order valence-electron chi connectivity index (χ2n) is 10.2. The van der Waals surface area contributed by atoms with Gasteiger partial charge in [0.25, 0.3) is 0 Å². The van der Waals surface area contributed by atoms with E-state index < -0.39 is 33.2 Å². The summed E-state index contributed by atoms with van der Waals surface area (Å²) in [6.07, 6.45) is 0.347. The summed E-state index contributed by atoms with van der Waals surface area (Å²) in [5.74, 6) is 1.03. The summed E-state index contributed by atoms with van der Waals surface area (Å²) in [5.41, 5.74) is 3.47. The van der Waals surface area contributed by atoms with Crippen LogP contribution in [0.5, 0.6) is 0 Å². The van der Waals surface area contributed by atoms with Crippen LogP contribution >= 0.6 is 0 Å². The molecule has 0 radical (unpaired) electrons. The summed E-state index contributed by atoms with van der Waals surface area (Å²) in [7, 11) is -4.15. The Hall–Kier alpha value is -1.61. The highest BCUT2D eigenvalue weighted by atomic mass is 32.2. The molecule has 0 saturated heterocycles. The van der Waals surface area contributed by atoms with Crippen LogP contribution in [-0.4, -0.2) is 30.2 Å². The van der Waals surface area contributed by atoms with E-state index in [-0.39, 0.29) is 29.2 Å². The lowest BCUT2D eigenvalue weighted by Gasteiger charge is -2.59. The number of nitrogens with two attached hydrogens (primary N) is 1. The zero-order valence-electron chi connectivity index (χ0n) is 17.7. The van der Waals surface area contributed by atoms with Gasteiger partial charge in [0, 0.05) is 18.0 Å². The first-order valence-electron chi connectivity index (χ1n) is 10.8. The molecule has 4 saturated carbocycles. The summed E-state index contributed by atoms with van der Waals surface area (Å²) < 4.78 is 68.1. The fourth-order valence-electron chi connectivity index (χ4n) is 6.60. The SMILES string of the molecule is CC(C)(CC(N)=O)N(C1C2CC3CC(C2)CC1C3)S(=O)(=O)c1ccc(C(F)(F)F)cc1. The average Bonchev–Trinajstić information content (AvgIpc) is 2.62. The molecular weight excluding hydrogens is 429 g/mol. The van der Waals surface area contributed by atoms with Gasteiger partial charge in [-0.05, 0) is 93.9 Å². The third-order valence-electron chi connectivity index (χ3n) is 7.39. The zero-order chi connectivity index (χ0) is 22.8. The second-order valence-corrected chi connectivity index (χ2v) is 12.0. The van der Waals surface area contributed by atoms with Gasteiger partial charge in [-0.2, -0.15) is 17.5 Å². The van der Waals surface area contributed by atoms with E-state index in [0.29, 0.717) is 11.8 Å². The number of nitrogens with zero attached hydrogens (tertiary/aromatic N) is 1. The second kappa shape index (κ2) is 7.47. The van der Waals surface area contributed by atoms with Gasteiger partial charge in [0.05, 0.1) is 10.5 Å². The van der Waals surface area contributed by atoms with Gasteiger partial charge in [-0.1, -0.05) is 0 Å². The van der Waals surface area contributed by atoms with Crippen LogP contribution in [0.4, 0.5) is 13.2 Å². The maximum Gasteiger partial charge on any atom is 0.416 e. The van der Waals surface area contributed by atoms with Gasteiger partial charge in [0.15, 0.2) is 0 Å². The predicted octanol–water partition coefficient (Wildman–Crippen LogP) is 4.17. The first-order chi connectivity index (χ1) is 14.3. The number of alkyl halides is 3. The molecule has 0 spiro atoms. The van der Waals surface area contributed by atoms with E-state index in [9.17, 15) is 26.4 Å². The van der Waals surface area contributed by atoms with E-state index in [4.69, 9.17) is 5.73 Å². The molecule has 9 heteroatoms. The lowest BCUT2D eigenvalue weighted by Crippen LogP contribution is -2.63. The van der Waals surface area contributed by atoms with E-state index in [1.54, 1.807) is 13.8 Å². The molecule has 0 aliphatic heterocycles. The van der Waals surface area contributed by atoms with Crippen LogP contribution in [0.15, 0.2) is 29.2 Å². The fourth-order valence-corrected chi connectivity index (χ4v) is 8.69. The molecule has 1 aromatic carbocycles. The van der Waals surface area contributed by atoms with E-state index >= 15 is 0 Å². The summed E-state index contributed by atoms with van der Waals surface area (Å²) in [4.78, 5) is 11.6. The van der Waals surface area contributed by atoms with Crippen molar-refractivity contribution in [2.45, 2.75) is 75.0 Å². The highest BCUT2D eigenvalue weighted by Gasteiger charge is 2.55. The number of hydrogen-bond donors (Lipinski definition) is 1. The Balaban J connectivity index is 1.76.